The second kappa shape index (κ2) is 7.34. The number of hydrogen-bond acceptors (Lipinski definition) is 3. The SMILES string of the molecule is CC(C)(C)OC(=O)NN(C(=O)c1cc(Cl)cc(C(F)(F)F)c1)C(C)(C)C. The predicted molar refractivity (Wildman–Crippen MR) is 91.7 cm³/mol. The van der Waals surface area contributed by atoms with Gasteiger partial charge in [-0.3, -0.25) is 4.79 Å². The summed E-state index contributed by atoms with van der Waals surface area (Å²) in [6.45, 7) is 9.75. The smallest absolute Gasteiger partial charge is 0.426 e. The minimum atomic E-state index is -4.66. The van der Waals surface area contributed by atoms with Crippen LogP contribution in [-0.2, 0) is 10.9 Å². The van der Waals surface area contributed by atoms with Gasteiger partial charge in [-0.15, -0.1) is 0 Å². The third-order valence-electron chi connectivity index (χ3n) is 2.95. The lowest BCUT2D eigenvalue weighted by molar-refractivity contribution is -0.137. The number of halogens is 4. The first-order valence-electron chi connectivity index (χ1n) is 7.73. The average Bonchev–Trinajstić information content (AvgIpc) is 2.39. The molecule has 0 bridgehead atoms. The minimum absolute atomic E-state index is 0.241. The first kappa shape index (κ1) is 22.1. The number of alkyl halides is 3. The highest BCUT2D eigenvalue weighted by Gasteiger charge is 2.35. The van der Waals surface area contributed by atoms with Gasteiger partial charge in [-0.1, -0.05) is 11.6 Å². The van der Waals surface area contributed by atoms with Crippen LogP contribution in [0.25, 0.3) is 0 Å². The van der Waals surface area contributed by atoms with Crippen LogP contribution in [0.5, 0.6) is 0 Å². The number of hydrazine groups is 1. The normalized spacial score (nSPS) is 12.5. The molecule has 2 amide bonds. The number of carbonyl (C=O) groups is 2. The van der Waals surface area contributed by atoms with Crippen molar-refractivity contribution in [2.24, 2.45) is 0 Å². The first-order valence-corrected chi connectivity index (χ1v) is 8.10. The van der Waals surface area contributed by atoms with Crippen LogP contribution in [-0.4, -0.2) is 28.1 Å². The molecule has 0 aliphatic heterocycles. The summed E-state index contributed by atoms with van der Waals surface area (Å²) >= 11 is 5.73. The highest BCUT2D eigenvalue weighted by molar-refractivity contribution is 6.31. The van der Waals surface area contributed by atoms with E-state index in [0.29, 0.717) is 6.07 Å². The van der Waals surface area contributed by atoms with Gasteiger partial charge in [0.25, 0.3) is 5.91 Å². The van der Waals surface area contributed by atoms with Crippen LogP contribution in [0.2, 0.25) is 5.02 Å². The van der Waals surface area contributed by atoms with Gasteiger partial charge in [0.05, 0.1) is 11.1 Å². The van der Waals surface area contributed by atoms with E-state index < -0.39 is 34.9 Å². The molecule has 1 N–H and O–H groups in total. The lowest BCUT2D eigenvalue weighted by Gasteiger charge is -2.36. The van der Waals surface area contributed by atoms with Crippen molar-refractivity contribution < 1.29 is 27.5 Å². The van der Waals surface area contributed by atoms with Gasteiger partial charge >= 0.3 is 12.3 Å². The van der Waals surface area contributed by atoms with Crippen molar-refractivity contribution in [2.45, 2.75) is 58.9 Å². The maximum atomic E-state index is 13.0. The van der Waals surface area contributed by atoms with Crippen LogP contribution in [0.15, 0.2) is 18.2 Å². The van der Waals surface area contributed by atoms with Gasteiger partial charge in [-0.05, 0) is 59.7 Å². The summed E-state index contributed by atoms with van der Waals surface area (Å²) in [4.78, 5) is 24.8. The molecule has 0 radical (unpaired) electrons. The summed E-state index contributed by atoms with van der Waals surface area (Å²) in [6, 6.07) is 2.51. The highest BCUT2D eigenvalue weighted by atomic mass is 35.5. The second-order valence-electron chi connectivity index (χ2n) is 7.65. The predicted octanol–water partition coefficient (Wildman–Crippen LogP) is 5.04. The fourth-order valence-electron chi connectivity index (χ4n) is 1.92. The molecule has 0 heterocycles. The Kier molecular flexibility index (Phi) is 6.24. The molecule has 9 heteroatoms. The molecular formula is C17H22ClF3N2O3. The molecule has 0 saturated carbocycles. The molecule has 0 atom stereocenters. The fourth-order valence-corrected chi connectivity index (χ4v) is 2.16. The molecular weight excluding hydrogens is 373 g/mol. The molecule has 1 aromatic carbocycles. The molecule has 0 fully saturated rings. The molecule has 0 aliphatic rings. The minimum Gasteiger partial charge on any atom is -0.443 e. The lowest BCUT2D eigenvalue weighted by Crippen LogP contribution is -2.56. The summed E-state index contributed by atoms with van der Waals surface area (Å²) in [5, 5.41) is 0.668. The zero-order valence-corrected chi connectivity index (χ0v) is 16.2. The number of rotatable bonds is 1. The Morgan fingerprint density at radius 2 is 1.58 bits per heavy atom. The zero-order chi connectivity index (χ0) is 20.5. The van der Waals surface area contributed by atoms with Crippen molar-refractivity contribution in [3.63, 3.8) is 0 Å². The number of benzene rings is 1. The Hall–Kier alpha value is -1.96. The number of hydrogen-bond donors (Lipinski definition) is 1. The molecule has 0 aromatic heterocycles. The van der Waals surface area contributed by atoms with Gasteiger partial charge in [0.15, 0.2) is 0 Å². The Morgan fingerprint density at radius 3 is 2.00 bits per heavy atom. The Balaban J connectivity index is 3.23. The van der Waals surface area contributed by atoms with E-state index in [2.05, 4.69) is 5.43 Å². The number of nitrogens with one attached hydrogen (secondary N) is 1. The van der Waals surface area contributed by atoms with Crippen molar-refractivity contribution in [3.8, 4) is 0 Å². The Bertz CT molecular complexity index is 692. The molecule has 0 saturated heterocycles. The van der Waals surface area contributed by atoms with Crippen molar-refractivity contribution in [1.82, 2.24) is 10.4 Å². The van der Waals surface area contributed by atoms with E-state index in [0.717, 1.165) is 17.1 Å². The first-order chi connectivity index (χ1) is 11.5. The molecule has 5 nitrogen and oxygen atoms in total. The fraction of sp³-hybridized carbons (Fsp3) is 0.529. The van der Waals surface area contributed by atoms with E-state index in [1.165, 1.54) is 0 Å². The maximum absolute atomic E-state index is 13.0. The van der Waals surface area contributed by atoms with Gasteiger partial charge in [-0.2, -0.15) is 13.2 Å². The zero-order valence-electron chi connectivity index (χ0n) is 15.4. The number of carbonyl (C=O) groups excluding carboxylic acids is 2. The van der Waals surface area contributed by atoms with Crippen LogP contribution in [0.4, 0.5) is 18.0 Å². The van der Waals surface area contributed by atoms with E-state index in [1.807, 2.05) is 0 Å². The topological polar surface area (TPSA) is 58.6 Å². The van der Waals surface area contributed by atoms with Crippen LogP contribution in [0.3, 0.4) is 0 Å². The molecule has 0 spiro atoms. The van der Waals surface area contributed by atoms with Gasteiger partial charge in [0.2, 0.25) is 0 Å². The van der Waals surface area contributed by atoms with Gasteiger partial charge < -0.3 is 4.74 Å². The second-order valence-corrected chi connectivity index (χ2v) is 8.09. The van der Waals surface area contributed by atoms with E-state index in [9.17, 15) is 22.8 Å². The van der Waals surface area contributed by atoms with Crippen molar-refractivity contribution in [2.75, 3.05) is 0 Å². The number of ether oxygens (including phenoxy) is 1. The third kappa shape index (κ3) is 6.40. The summed E-state index contributed by atoms with van der Waals surface area (Å²) in [5.74, 6) is -0.851. The van der Waals surface area contributed by atoms with Crippen LogP contribution < -0.4 is 5.43 Å². The van der Waals surface area contributed by atoms with E-state index in [4.69, 9.17) is 16.3 Å². The number of amides is 2. The van der Waals surface area contributed by atoms with Crippen molar-refractivity contribution >= 4 is 23.6 Å². The van der Waals surface area contributed by atoms with Crippen LogP contribution >= 0.6 is 11.6 Å². The maximum Gasteiger partial charge on any atom is 0.426 e. The quantitative estimate of drug-likeness (QED) is 0.679. The monoisotopic (exact) mass is 394 g/mol. The number of nitrogens with zero attached hydrogens (tertiary/aromatic N) is 1. The standard InChI is InChI=1S/C17H22ClF3N2O3/c1-15(2,3)23(22-14(25)26-16(4,5)6)13(24)10-7-11(17(19,20)21)9-12(18)8-10/h7-9H,1-6H3,(H,22,25). The van der Waals surface area contributed by atoms with Gasteiger partial charge in [-0.25, -0.2) is 15.2 Å². The lowest BCUT2D eigenvalue weighted by atomic mass is 10.0. The van der Waals surface area contributed by atoms with Crippen molar-refractivity contribution in [1.29, 1.82) is 0 Å². The third-order valence-corrected chi connectivity index (χ3v) is 3.17. The molecule has 146 valence electrons. The van der Waals surface area contributed by atoms with Gasteiger partial charge in [0.1, 0.15) is 5.60 Å². The molecule has 1 rings (SSSR count). The van der Waals surface area contributed by atoms with Gasteiger partial charge in [0, 0.05) is 10.6 Å². The largest absolute Gasteiger partial charge is 0.443 e. The highest BCUT2D eigenvalue weighted by Crippen LogP contribution is 2.32. The van der Waals surface area contributed by atoms with E-state index in [-0.39, 0.29) is 10.6 Å². The summed E-state index contributed by atoms with van der Waals surface area (Å²) in [7, 11) is 0. The summed E-state index contributed by atoms with van der Waals surface area (Å²) in [6.07, 6.45) is -5.57. The molecule has 0 aliphatic carbocycles. The van der Waals surface area contributed by atoms with Crippen molar-refractivity contribution in [3.05, 3.63) is 34.3 Å². The average molecular weight is 395 g/mol. The Labute approximate surface area is 155 Å². The molecule has 26 heavy (non-hydrogen) atoms. The molecule has 0 unspecified atom stereocenters. The van der Waals surface area contributed by atoms with Crippen LogP contribution in [0, 0.1) is 0 Å². The molecule has 1 aromatic rings. The summed E-state index contributed by atoms with van der Waals surface area (Å²) in [5.41, 5.74) is -0.823. The van der Waals surface area contributed by atoms with E-state index >= 15 is 0 Å². The van der Waals surface area contributed by atoms with Crippen LogP contribution in [0.1, 0.15) is 57.5 Å². The Morgan fingerprint density at radius 1 is 1.04 bits per heavy atom. The van der Waals surface area contributed by atoms with E-state index in [1.54, 1.807) is 41.5 Å². The summed E-state index contributed by atoms with van der Waals surface area (Å²) < 4.78 is 44.0.